The number of benzene rings is 2. The lowest BCUT2D eigenvalue weighted by Gasteiger charge is -2.40. The minimum atomic E-state index is -0.234. The van der Waals surface area contributed by atoms with E-state index < -0.39 is 0 Å². The molecule has 3 fully saturated rings. The van der Waals surface area contributed by atoms with Gasteiger partial charge in [-0.05, 0) is 82.4 Å². The summed E-state index contributed by atoms with van der Waals surface area (Å²) in [6.07, 6.45) is 10.9. The fourth-order valence-corrected chi connectivity index (χ4v) is 8.00. The number of hydrogen-bond donors (Lipinski definition) is 2. The highest BCUT2D eigenvalue weighted by Crippen LogP contribution is 2.46. The van der Waals surface area contributed by atoms with Gasteiger partial charge in [-0.15, -0.1) is 5.10 Å². The third-order valence-electron chi connectivity index (χ3n) is 10.2. The molecule has 228 valence electrons. The van der Waals surface area contributed by atoms with Crippen molar-refractivity contribution < 1.29 is 0 Å². The first-order valence-electron chi connectivity index (χ1n) is 16.0. The van der Waals surface area contributed by atoms with E-state index in [1.54, 1.807) is 6.20 Å². The minimum Gasteiger partial charge on any atom is -0.380 e. The van der Waals surface area contributed by atoms with E-state index in [4.69, 9.17) is 11.6 Å². The van der Waals surface area contributed by atoms with E-state index in [-0.39, 0.29) is 11.6 Å². The summed E-state index contributed by atoms with van der Waals surface area (Å²) < 4.78 is 2.06. The van der Waals surface area contributed by atoms with E-state index in [0.29, 0.717) is 34.1 Å². The van der Waals surface area contributed by atoms with Crippen LogP contribution in [0.4, 0.5) is 11.4 Å². The number of piperidine rings is 1. The average Bonchev–Trinajstić information content (AvgIpc) is 3.79. The Labute approximate surface area is 264 Å². The maximum atomic E-state index is 10.0. The number of halogens is 1. The van der Waals surface area contributed by atoms with Crippen LogP contribution in [0.2, 0.25) is 5.02 Å². The van der Waals surface area contributed by atoms with Crippen LogP contribution in [-0.4, -0.2) is 49.5 Å². The topological polar surface area (TPSA) is 94.7 Å². The quantitative estimate of drug-likeness (QED) is 0.223. The molecule has 3 unspecified atom stereocenters. The molecule has 2 aromatic heterocycles. The van der Waals surface area contributed by atoms with Crippen molar-refractivity contribution in [2.75, 3.05) is 23.7 Å². The SMILES string of the molecule is CC(C)(C)N1CCC(n2cc([C@@H](Nc3cc(Cl)c4ncc(C#N)c(NC5CC6CCC5C6)c4c3)c3ccccc3)nn2)CC1. The zero-order valence-electron chi connectivity index (χ0n) is 25.8. The predicted octanol–water partition coefficient (Wildman–Crippen LogP) is 7.59. The number of fused-ring (bicyclic) bond motifs is 3. The molecule has 2 aliphatic carbocycles. The Kier molecular flexibility index (Phi) is 7.72. The lowest BCUT2D eigenvalue weighted by atomic mass is 9.94. The highest BCUT2D eigenvalue weighted by Gasteiger charge is 2.40. The summed E-state index contributed by atoms with van der Waals surface area (Å²) in [5, 5.41) is 28.3. The Bertz CT molecular complexity index is 1680. The van der Waals surface area contributed by atoms with Gasteiger partial charge in [0.2, 0.25) is 0 Å². The van der Waals surface area contributed by atoms with Gasteiger partial charge in [0.15, 0.2) is 0 Å². The van der Waals surface area contributed by atoms with Crippen LogP contribution in [0.3, 0.4) is 0 Å². The van der Waals surface area contributed by atoms with E-state index in [1.807, 2.05) is 24.3 Å². The van der Waals surface area contributed by atoms with Crippen LogP contribution in [0.15, 0.2) is 54.9 Å². The van der Waals surface area contributed by atoms with Crippen molar-refractivity contribution in [2.24, 2.45) is 11.8 Å². The summed E-state index contributed by atoms with van der Waals surface area (Å²) >= 11 is 6.89. The number of aromatic nitrogens is 4. The van der Waals surface area contributed by atoms with Crippen LogP contribution in [0.5, 0.6) is 0 Å². The molecule has 0 radical (unpaired) electrons. The van der Waals surface area contributed by atoms with Crippen LogP contribution >= 0.6 is 11.6 Å². The van der Waals surface area contributed by atoms with Gasteiger partial charge in [0, 0.05) is 41.9 Å². The normalized spacial score (nSPS) is 23.1. The number of rotatable bonds is 7. The van der Waals surface area contributed by atoms with Crippen LogP contribution in [0.1, 0.15) is 88.2 Å². The van der Waals surface area contributed by atoms with Gasteiger partial charge >= 0.3 is 0 Å². The number of nitriles is 1. The molecule has 2 aromatic carbocycles. The Balaban J connectivity index is 1.20. The van der Waals surface area contributed by atoms with Gasteiger partial charge in [-0.3, -0.25) is 9.88 Å². The summed E-state index contributed by atoms with van der Waals surface area (Å²) in [7, 11) is 0. The van der Waals surface area contributed by atoms with E-state index in [1.165, 1.54) is 19.3 Å². The summed E-state index contributed by atoms with van der Waals surface area (Å²) in [4.78, 5) is 7.14. The van der Waals surface area contributed by atoms with Gasteiger partial charge in [0.1, 0.15) is 11.8 Å². The summed E-state index contributed by atoms with van der Waals surface area (Å²) in [6, 6.07) is 17.2. The molecule has 2 N–H and O–H groups in total. The second-order valence-electron chi connectivity index (χ2n) is 13.9. The Hall–Kier alpha value is -3.67. The zero-order chi connectivity index (χ0) is 30.4. The maximum Gasteiger partial charge on any atom is 0.109 e. The van der Waals surface area contributed by atoms with Crippen molar-refractivity contribution in [3.8, 4) is 6.07 Å². The van der Waals surface area contributed by atoms with Crippen molar-refractivity contribution in [1.29, 1.82) is 5.26 Å². The molecule has 8 nitrogen and oxygen atoms in total. The Morgan fingerprint density at radius 3 is 2.52 bits per heavy atom. The third-order valence-corrected chi connectivity index (χ3v) is 10.5. The first-order chi connectivity index (χ1) is 21.3. The Morgan fingerprint density at radius 2 is 1.84 bits per heavy atom. The molecule has 3 heterocycles. The van der Waals surface area contributed by atoms with Crippen molar-refractivity contribution >= 4 is 33.9 Å². The molecule has 2 saturated carbocycles. The van der Waals surface area contributed by atoms with E-state index in [9.17, 15) is 5.26 Å². The first-order valence-corrected chi connectivity index (χ1v) is 16.4. The highest BCUT2D eigenvalue weighted by atomic mass is 35.5. The third kappa shape index (κ3) is 5.64. The smallest absolute Gasteiger partial charge is 0.109 e. The molecule has 1 saturated heterocycles. The van der Waals surface area contributed by atoms with E-state index in [2.05, 4.69) is 86.7 Å². The van der Waals surface area contributed by atoms with Gasteiger partial charge in [0.05, 0.1) is 40.1 Å². The van der Waals surface area contributed by atoms with Crippen molar-refractivity contribution in [3.63, 3.8) is 0 Å². The van der Waals surface area contributed by atoms with Gasteiger partial charge in [-0.2, -0.15) is 5.26 Å². The van der Waals surface area contributed by atoms with Crippen LogP contribution in [0.25, 0.3) is 10.9 Å². The first kappa shape index (κ1) is 29.1. The van der Waals surface area contributed by atoms with Crippen molar-refractivity contribution in [1.82, 2.24) is 24.9 Å². The molecular formula is C35H41ClN8. The molecule has 0 amide bonds. The number of likely N-dealkylation sites (tertiary alicyclic amines) is 1. The standard InChI is InChI=1S/C35H41ClN8/c1-35(2,3)43-13-11-27(12-14-43)44-21-31(41-42-44)33(23-7-5-4-6-8-23)39-26-17-28-32(40-30-16-22-9-10-24(30)15-22)25(19-37)20-38-34(28)29(36)18-26/h4-8,17-18,20-22,24,27,30,33,39H,9-16H2,1-3H3,(H,38,40)/t22?,24?,30?,33-/m0/s1. The van der Waals surface area contributed by atoms with Gasteiger partial charge in [0.25, 0.3) is 0 Å². The number of hydrogen-bond acceptors (Lipinski definition) is 7. The van der Waals surface area contributed by atoms with Crippen molar-refractivity contribution in [2.45, 2.75) is 83.0 Å². The summed E-state index contributed by atoms with van der Waals surface area (Å²) in [5.74, 6) is 1.46. The number of nitrogens with zero attached hydrogens (tertiary/aromatic N) is 6. The fraction of sp³-hybridized carbons (Fsp3) is 0.486. The number of nitrogens with one attached hydrogen (secondary N) is 2. The van der Waals surface area contributed by atoms with Crippen LogP contribution in [-0.2, 0) is 0 Å². The Morgan fingerprint density at radius 1 is 1.05 bits per heavy atom. The molecule has 7 rings (SSSR count). The monoisotopic (exact) mass is 608 g/mol. The maximum absolute atomic E-state index is 10.0. The van der Waals surface area contributed by atoms with Crippen molar-refractivity contribution in [3.05, 3.63) is 76.7 Å². The molecule has 9 heteroatoms. The second kappa shape index (κ2) is 11.7. The van der Waals surface area contributed by atoms with Gasteiger partial charge < -0.3 is 10.6 Å². The molecular weight excluding hydrogens is 568 g/mol. The largest absolute Gasteiger partial charge is 0.380 e. The lowest BCUT2D eigenvalue weighted by Crippen LogP contribution is -2.46. The van der Waals surface area contributed by atoms with Crippen LogP contribution < -0.4 is 10.6 Å². The fourth-order valence-electron chi connectivity index (χ4n) is 7.73. The van der Waals surface area contributed by atoms with Crippen LogP contribution in [0, 0.1) is 23.2 Å². The lowest BCUT2D eigenvalue weighted by molar-refractivity contribution is 0.0866. The predicted molar refractivity (Wildman–Crippen MR) is 176 cm³/mol. The van der Waals surface area contributed by atoms with E-state index in [0.717, 1.165) is 66.3 Å². The second-order valence-corrected chi connectivity index (χ2v) is 14.3. The van der Waals surface area contributed by atoms with Gasteiger partial charge in [-0.1, -0.05) is 53.6 Å². The van der Waals surface area contributed by atoms with E-state index >= 15 is 0 Å². The zero-order valence-corrected chi connectivity index (χ0v) is 26.6. The molecule has 3 aliphatic rings. The summed E-state index contributed by atoms with van der Waals surface area (Å²) in [6.45, 7) is 8.95. The van der Waals surface area contributed by atoms with Gasteiger partial charge in [-0.25, -0.2) is 4.68 Å². The molecule has 0 spiro atoms. The number of anilines is 2. The average molecular weight is 609 g/mol. The molecule has 44 heavy (non-hydrogen) atoms. The number of pyridine rings is 1. The highest BCUT2D eigenvalue weighted by molar-refractivity contribution is 6.35. The summed E-state index contributed by atoms with van der Waals surface area (Å²) in [5.41, 5.74) is 5.05. The molecule has 1 aliphatic heterocycles. The minimum absolute atomic E-state index is 0.178. The molecule has 4 aromatic rings. The molecule has 2 bridgehead atoms. The molecule has 4 atom stereocenters.